The summed E-state index contributed by atoms with van der Waals surface area (Å²) < 4.78 is 12.0. The minimum absolute atomic E-state index is 0.113. The molecule has 1 heterocycles. The number of anilines is 1. The van der Waals surface area contributed by atoms with Crippen LogP contribution in [0, 0.1) is 18.3 Å². The summed E-state index contributed by atoms with van der Waals surface area (Å²) >= 11 is 5.04. The van der Waals surface area contributed by atoms with Gasteiger partial charge < -0.3 is 14.8 Å². The van der Waals surface area contributed by atoms with Gasteiger partial charge >= 0.3 is 5.97 Å². The van der Waals surface area contributed by atoms with Crippen molar-refractivity contribution in [2.45, 2.75) is 66.7 Å². The van der Waals surface area contributed by atoms with Crippen LogP contribution < -0.4 is 10.1 Å². The molecule has 3 rings (SSSR count). The summed E-state index contributed by atoms with van der Waals surface area (Å²) in [5, 5.41) is 3.62. The Bertz CT molecular complexity index is 1010. The van der Waals surface area contributed by atoms with Crippen molar-refractivity contribution in [1.29, 1.82) is 0 Å². The smallest absolute Gasteiger partial charge is 0.341 e. The first-order valence-electron chi connectivity index (χ1n) is 11.6. The number of fused-ring (bicyclic) bond motifs is 1. The van der Waals surface area contributed by atoms with Crippen LogP contribution >= 0.6 is 27.3 Å². The van der Waals surface area contributed by atoms with Crippen LogP contribution in [0.5, 0.6) is 5.75 Å². The number of benzene rings is 1. The van der Waals surface area contributed by atoms with Gasteiger partial charge in [-0.25, -0.2) is 4.79 Å². The summed E-state index contributed by atoms with van der Waals surface area (Å²) in [5.74, 6) is 0.871. The second-order valence-corrected chi connectivity index (χ2v) is 11.6. The van der Waals surface area contributed by atoms with E-state index >= 15 is 0 Å². The van der Waals surface area contributed by atoms with E-state index in [4.69, 9.17) is 9.47 Å². The molecule has 1 aromatic carbocycles. The monoisotopic (exact) mass is 535 g/mol. The number of amides is 1. The zero-order valence-corrected chi connectivity index (χ0v) is 22.6. The summed E-state index contributed by atoms with van der Waals surface area (Å²) in [6.45, 7) is 11.4. The largest absolute Gasteiger partial charge is 0.492 e. The third-order valence-electron chi connectivity index (χ3n) is 6.12. The van der Waals surface area contributed by atoms with Gasteiger partial charge in [-0.3, -0.25) is 4.79 Å². The number of nitrogens with one attached hydrogen (secondary N) is 1. The molecule has 0 bridgehead atoms. The number of carbonyl (C=O) groups is 2. The maximum Gasteiger partial charge on any atom is 0.341 e. The average Bonchev–Trinajstić information content (AvgIpc) is 3.09. The van der Waals surface area contributed by atoms with E-state index in [1.54, 1.807) is 6.92 Å². The molecule has 1 aliphatic rings. The van der Waals surface area contributed by atoms with Gasteiger partial charge in [-0.2, -0.15) is 0 Å². The molecule has 0 aliphatic heterocycles. The lowest BCUT2D eigenvalue weighted by atomic mass is 9.72. The van der Waals surface area contributed by atoms with Gasteiger partial charge in [0.15, 0.2) is 0 Å². The third-order valence-corrected chi connectivity index (χ3v) is 7.91. The van der Waals surface area contributed by atoms with Crippen LogP contribution in [0.4, 0.5) is 5.00 Å². The Labute approximate surface area is 209 Å². The van der Waals surface area contributed by atoms with Crippen molar-refractivity contribution in [3.05, 3.63) is 44.2 Å². The fourth-order valence-electron chi connectivity index (χ4n) is 4.16. The highest BCUT2D eigenvalue weighted by atomic mass is 79.9. The molecular formula is C26H34BrNO4S. The van der Waals surface area contributed by atoms with Crippen LogP contribution in [-0.2, 0) is 22.4 Å². The SMILES string of the molecule is CCOC(=O)c1c(NC(=O)CCCOc2ccc(C)cc2Br)sc2c1CCC(C(C)(C)C)C2. The fraction of sp³-hybridized carbons (Fsp3) is 0.538. The minimum Gasteiger partial charge on any atom is -0.492 e. The normalized spacial score (nSPS) is 15.6. The van der Waals surface area contributed by atoms with E-state index in [1.165, 1.54) is 16.2 Å². The summed E-state index contributed by atoms with van der Waals surface area (Å²) in [4.78, 5) is 26.6. The highest BCUT2D eigenvalue weighted by molar-refractivity contribution is 9.10. The molecule has 0 spiro atoms. The first kappa shape index (κ1) is 25.8. The van der Waals surface area contributed by atoms with Crippen LogP contribution in [0.3, 0.4) is 0 Å². The van der Waals surface area contributed by atoms with Gasteiger partial charge in [0.2, 0.25) is 5.91 Å². The van der Waals surface area contributed by atoms with Crippen LogP contribution in [-0.4, -0.2) is 25.1 Å². The van der Waals surface area contributed by atoms with Gasteiger partial charge in [0.25, 0.3) is 0 Å². The first-order valence-corrected chi connectivity index (χ1v) is 13.2. The van der Waals surface area contributed by atoms with Crippen molar-refractivity contribution in [2.24, 2.45) is 11.3 Å². The minimum atomic E-state index is -0.341. The van der Waals surface area contributed by atoms with Crippen LogP contribution in [0.25, 0.3) is 0 Å². The molecule has 1 aromatic heterocycles. The van der Waals surface area contributed by atoms with Crippen molar-refractivity contribution in [2.75, 3.05) is 18.5 Å². The number of hydrogen-bond donors (Lipinski definition) is 1. The quantitative estimate of drug-likeness (QED) is 0.293. The van der Waals surface area contributed by atoms with Gasteiger partial charge in [-0.05, 0) is 90.1 Å². The van der Waals surface area contributed by atoms with Gasteiger partial charge in [0.1, 0.15) is 10.8 Å². The maximum absolute atomic E-state index is 12.7. The van der Waals surface area contributed by atoms with Gasteiger partial charge in [-0.1, -0.05) is 26.8 Å². The van der Waals surface area contributed by atoms with Gasteiger partial charge in [-0.15, -0.1) is 11.3 Å². The van der Waals surface area contributed by atoms with Gasteiger partial charge in [0.05, 0.1) is 23.2 Å². The molecular weight excluding hydrogens is 502 g/mol. The molecule has 1 N–H and O–H groups in total. The Hall–Kier alpha value is -1.86. The summed E-state index contributed by atoms with van der Waals surface area (Å²) in [7, 11) is 0. The number of rotatable bonds is 8. The average molecular weight is 537 g/mol. The summed E-state index contributed by atoms with van der Waals surface area (Å²) in [6, 6.07) is 5.92. The molecule has 1 atom stereocenters. The van der Waals surface area contributed by atoms with E-state index in [9.17, 15) is 9.59 Å². The molecule has 1 aliphatic carbocycles. The Morgan fingerprint density at radius 1 is 1.27 bits per heavy atom. The second kappa shape index (κ2) is 11.0. The lowest BCUT2D eigenvalue weighted by Crippen LogP contribution is -2.26. The van der Waals surface area contributed by atoms with E-state index in [-0.39, 0.29) is 17.3 Å². The first-order chi connectivity index (χ1) is 15.6. The van der Waals surface area contributed by atoms with E-state index in [1.807, 2.05) is 25.1 Å². The van der Waals surface area contributed by atoms with E-state index in [0.717, 1.165) is 40.6 Å². The molecule has 2 aromatic rings. The van der Waals surface area contributed by atoms with Crippen LogP contribution in [0.2, 0.25) is 0 Å². The van der Waals surface area contributed by atoms with Crippen molar-refractivity contribution >= 4 is 44.1 Å². The molecule has 1 unspecified atom stereocenters. The number of ether oxygens (including phenoxy) is 2. The fourth-order valence-corrected chi connectivity index (χ4v) is 6.10. The lowest BCUT2D eigenvalue weighted by molar-refractivity contribution is -0.116. The Balaban J connectivity index is 1.64. The molecule has 33 heavy (non-hydrogen) atoms. The predicted molar refractivity (Wildman–Crippen MR) is 137 cm³/mol. The molecule has 0 fully saturated rings. The lowest BCUT2D eigenvalue weighted by Gasteiger charge is -2.33. The van der Waals surface area contributed by atoms with Gasteiger partial charge in [0, 0.05) is 11.3 Å². The number of aryl methyl sites for hydroxylation is 1. The highest BCUT2D eigenvalue weighted by Gasteiger charge is 2.34. The van der Waals surface area contributed by atoms with E-state index < -0.39 is 0 Å². The predicted octanol–water partition coefficient (Wildman–Crippen LogP) is 6.94. The number of halogens is 1. The Kier molecular flexibility index (Phi) is 8.62. The molecule has 0 saturated carbocycles. The molecule has 0 saturated heterocycles. The Morgan fingerprint density at radius 2 is 2.03 bits per heavy atom. The number of esters is 1. The van der Waals surface area contributed by atoms with E-state index in [2.05, 4.69) is 42.0 Å². The van der Waals surface area contributed by atoms with Crippen LogP contribution in [0.1, 0.15) is 73.3 Å². The van der Waals surface area contributed by atoms with Crippen molar-refractivity contribution in [3.63, 3.8) is 0 Å². The molecule has 5 nitrogen and oxygen atoms in total. The van der Waals surface area contributed by atoms with Crippen LogP contribution in [0.15, 0.2) is 22.7 Å². The standard InChI is InChI=1S/C26H34BrNO4S/c1-6-31-25(30)23-18-11-10-17(26(3,4)5)15-21(18)33-24(23)28-22(29)8-7-13-32-20-12-9-16(2)14-19(20)27/h9,12,14,17H,6-8,10-11,13,15H2,1-5H3,(H,28,29). The molecule has 7 heteroatoms. The summed E-state index contributed by atoms with van der Waals surface area (Å²) in [5.41, 5.74) is 2.97. The summed E-state index contributed by atoms with van der Waals surface area (Å²) in [6.07, 6.45) is 3.72. The number of thiophene rings is 1. The zero-order chi connectivity index (χ0) is 24.2. The topological polar surface area (TPSA) is 64.6 Å². The van der Waals surface area contributed by atoms with Crippen molar-refractivity contribution in [1.82, 2.24) is 0 Å². The van der Waals surface area contributed by atoms with Crippen molar-refractivity contribution in [3.8, 4) is 5.75 Å². The molecule has 180 valence electrons. The number of hydrogen-bond acceptors (Lipinski definition) is 5. The zero-order valence-electron chi connectivity index (χ0n) is 20.2. The maximum atomic E-state index is 12.7. The number of carbonyl (C=O) groups excluding carboxylic acids is 2. The van der Waals surface area contributed by atoms with E-state index in [0.29, 0.717) is 42.5 Å². The Morgan fingerprint density at radius 3 is 2.70 bits per heavy atom. The third kappa shape index (κ3) is 6.60. The molecule has 1 amide bonds. The second-order valence-electron chi connectivity index (χ2n) is 9.67. The highest BCUT2D eigenvalue weighted by Crippen LogP contribution is 2.44. The molecule has 0 radical (unpaired) electrons. The van der Waals surface area contributed by atoms with Crippen molar-refractivity contribution < 1.29 is 19.1 Å².